The van der Waals surface area contributed by atoms with E-state index in [4.69, 9.17) is 5.26 Å². The van der Waals surface area contributed by atoms with Crippen molar-refractivity contribution in [1.29, 1.82) is 5.26 Å². The number of hydrogen-bond donors (Lipinski definition) is 1. The molecule has 0 fully saturated rings. The van der Waals surface area contributed by atoms with Crippen LogP contribution in [0.4, 0.5) is 5.82 Å². The zero-order chi connectivity index (χ0) is 17.4. The number of hydrogen-bond acceptors (Lipinski definition) is 3. The van der Waals surface area contributed by atoms with E-state index in [1.54, 1.807) is 16.9 Å². The number of aryl methyl sites for hydroxylation is 2. The van der Waals surface area contributed by atoms with Gasteiger partial charge < -0.3 is 9.88 Å². The molecule has 0 aliphatic carbocycles. The van der Waals surface area contributed by atoms with Crippen LogP contribution in [0.25, 0.3) is 0 Å². The van der Waals surface area contributed by atoms with Gasteiger partial charge in [-0.2, -0.15) is 10.4 Å². The van der Waals surface area contributed by atoms with Crippen LogP contribution in [0, 0.1) is 25.2 Å². The molecule has 6 nitrogen and oxygen atoms in total. The molecule has 0 saturated heterocycles. The largest absolute Gasteiger partial charge is 0.328 e. The van der Waals surface area contributed by atoms with Crippen LogP contribution < -0.4 is 5.32 Å². The van der Waals surface area contributed by atoms with E-state index in [1.165, 1.54) is 0 Å². The van der Waals surface area contributed by atoms with E-state index >= 15 is 0 Å². The number of carbonyl (C=O) groups excluding carboxylic acids is 1. The molecule has 2 heterocycles. The highest BCUT2D eigenvalue weighted by atomic mass is 16.2. The first-order valence-corrected chi connectivity index (χ1v) is 7.60. The first kappa shape index (κ1) is 16.8. The second-order valence-corrected chi connectivity index (χ2v) is 6.80. The number of anilines is 1. The molecule has 0 spiro atoms. The van der Waals surface area contributed by atoms with Gasteiger partial charge in [0.25, 0.3) is 0 Å². The normalized spacial score (nSPS) is 12.7. The molecule has 122 valence electrons. The van der Waals surface area contributed by atoms with Gasteiger partial charge >= 0.3 is 0 Å². The van der Waals surface area contributed by atoms with Crippen molar-refractivity contribution < 1.29 is 4.79 Å². The topological polar surface area (TPSA) is 75.6 Å². The molecule has 2 aromatic rings. The van der Waals surface area contributed by atoms with E-state index in [1.807, 2.05) is 52.2 Å². The number of amides is 1. The number of rotatable bonds is 3. The summed E-state index contributed by atoms with van der Waals surface area (Å²) in [5.41, 5.74) is 2.11. The van der Waals surface area contributed by atoms with Gasteiger partial charge in [0.15, 0.2) is 0 Å². The van der Waals surface area contributed by atoms with Crippen molar-refractivity contribution in [1.82, 2.24) is 14.3 Å². The molecule has 0 bridgehead atoms. The molecule has 1 atom stereocenters. The summed E-state index contributed by atoms with van der Waals surface area (Å²) in [5.74, 6) is 0.455. The highest BCUT2D eigenvalue weighted by Crippen LogP contribution is 2.25. The van der Waals surface area contributed by atoms with Crippen molar-refractivity contribution >= 4 is 11.7 Å². The maximum atomic E-state index is 12.6. The summed E-state index contributed by atoms with van der Waals surface area (Å²) in [5, 5.41) is 16.4. The fourth-order valence-electron chi connectivity index (χ4n) is 2.56. The molecular formula is C17H23N5O. The van der Waals surface area contributed by atoms with E-state index in [9.17, 15) is 4.79 Å². The van der Waals surface area contributed by atoms with Gasteiger partial charge in [-0.1, -0.05) is 0 Å². The van der Waals surface area contributed by atoms with Crippen LogP contribution in [-0.4, -0.2) is 20.3 Å². The first-order chi connectivity index (χ1) is 10.6. The van der Waals surface area contributed by atoms with E-state index in [-0.39, 0.29) is 11.4 Å². The Hall–Kier alpha value is -2.55. The highest BCUT2D eigenvalue weighted by Gasteiger charge is 2.23. The molecule has 6 heteroatoms. The summed E-state index contributed by atoms with van der Waals surface area (Å²) in [6.45, 7) is 11.7. The smallest absolute Gasteiger partial charge is 0.250 e. The van der Waals surface area contributed by atoms with Gasteiger partial charge in [0.1, 0.15) is 17.9 Å². The Balaban J connectivity index is 2.29. The lowest BCUT2D eigenvalue weighted by Crippen LogP contribution is -2.29. The van der Waals surface area contributed by atoms with Crippen LogP contribution in [0.2, 0.25) is 0 Å². The van der Waals surface area contributed by atoms with Crippen molar-refractivity contribution in [3.63, 3.8) is 0 Å². The third-order valence-corrected chi connectivity index (χ3v) is 3.71. The summed E-state index contributed by atoms with van der Waals surface area (Å²) in [7, 11) is 0. The van der Waals surface area contributed by atoms with Gasteiger partial charge in [-0.25, -0.2) is 0 Å². The quantitative estimate of drug-likeness (QED) is 0.946. The molecule has 2 aromatic heterocycles. The highest BCUT2D eigenvalue weighted by molar-refractivity contribution is 5.93. The minimum atomic E-state index is -0.433. The standard InChI is InChI=1S/C17H23N5O/c1-11-7-12(2)22(20-11)13(3)16(23)19-15-8-14(9-18)10-21(15)17(4,5)6/h7-8,10,13H,1-6H3,(H,19,23). The van der Waals surface area contributed by atoms with Gasteiger partial charge in [-0.15, -0.1) is 0 Å². The molecular weight excluding hydrogens is 290 g/mol. The Morgan fingerprint density at radius 1 is 1.35 bits per heavy atom. The van der Waals surface area contributed by atoms with Crippen LogP contribution in [0.15, 0.2) is 18.3 Å². The zero-order valence-corrected chi connectivity index (χ0v) is 14.5. The van der Waals surface area contributed by atoms with Crippen molar-refractivity contribution in [2.75, 3.05) is 5.32 Å². The van der Waals surface area contributed by atoms with Gasteiger partial charge in [0, 0.05) is 17.4 Å². The average Bonchev–Trinajstić information content (AvgIpc) is 3.00. The lowest BCUT2D eigenvalue weighted by Gasteiger charge is -2.25. The van der Waals surface area contributed by atoms with Crippen LogP contribution in [0.5, 0.6) is 0 Å². The summed E-state index contributed by atoms with van der Waals surface area (Å²) in [6.07, 6.45) is 1.75. The number of nitriles is 1. The Bertz CT molecular complexity index is 770. The summed E-state index contributed by atoms with van der Waals surface area (Å²) in [4.78, 5) is 12.6. The van der Waals surface area contributed by atoms with Crippen molar-refractivity contribution in [2.45, 2.75) is 53.1 Å². The molecule has 0 radical (unpaired) electrons. The molecule has 23 heavy (non-hydrogen) atoms. The lowest BCUT2D eigenvalue weighted by molar-refractivity contribution is -0.119. The maximum absolute atomic E-state index is 12.6. The lowest BCUT2D eigenvalue weighted by atomic mass is 10.1. The second-order valence-electron chi connectivity index (χ2n) is 6.80. The molecule has 0 aliphatic heterocycles. The number of nitrogens with one attached hydrogen (secondary N) is 1. The Kier molecular flexibility index (Phi) is 4.33. The van der Waals surface area contributed by atoms with Crippen molar-refractivity contribution in [3.8, 4) is 6.07 Å². The van der Waals surface area contributed by atoms with Crippen LogP contribution in [0.3, 0.4) is 0 Å². The predicted molar refractivity (Wildman–Crippen MR) is 89.2 cm³/mol. The monoisotopic (exact) mass is 313 g/mol. The predicted octanol–water partition coefficient (Wildman–Crippen LogP) is 3.13. The van der Waals surface area contributed by atoms with E-state index in [2.05, 4.69) is 16.5 Å². The van der Waals surface area contributed by atoms with Gasteiger partial charge in [-0.05, 0) is 53.7 Å². The average molecular weight is 313 g/mol. The summed E-state index contributed by atoms with van der Waals surface area (Å²) in [6, 6.07) is 5.32. The van der Waals surface area contributed by atoms with Crippen LogP contribution in [0.1, 0.15) is 50.7 Å². The number of nitrogens with zero attached hydrogens (tertiary/aromatic N) is 4. The molecule has 2 rings (SSSR count). The number of aromatic nitrogens is 3. The van der Waals surface area contributed by atoms with Crippen LogP contribution in [-0.2, 0) is 10.3 Å². The van der Waals surface area contributed by atoms with E-state index < -0.39 is 6.04 Å². The van der Waals surface area contributed by atoms with Gasteiger partial charge in [0.05, 0.1) is 11.3 Å². The minimum absolute atomic E-state index is 0.163. The molecule has 0 aliphatic rings. The molecule has 1 N–H and O–H groups in total. The Morgan fingerprint density at radius 3 is 2.48 bits per heavy atom. The molecule has 1 amide bonds. The van der Waals surface area contributed by atoms with Crippen molar-refractivity contribution in [3.05, 3.63) is 35.3 Å². The fourth-order valence-corrected chi connectivity index (χ4v) is 2.56. The third kappa shape index (κ3) is 3.45. The SMILES string of the molecule is Cc1cc(C)n(C(C)C(=O)Nc2cc(C#N)cn2C(C)(C)C)n1. The van der Waals surface area contributed by atoms with E-state index in [0.29, 0.717) is 11.4 Å². The summed E-state index contributed by atoms with van der Waals surface area (Å²) < 4.78 is 3.61. The molecule has 0 saturated carbocycles. The minimum Gasteiger partial charge on any atom is -0.328 e. The molecule has 1 unspecified atom stereocenters. The first-order valence-electron chi connectivity index (χ1n) is 7.60. The van der Waals surface area contributed by atoms with Crippen LogP contribution >= 0.6 is 0 Å². The number of carbonyl (C=O) groups is 1. The third-order valence-electron chi connectivity index (χ3n) is 3.71. The Morgan fingerprint density at radius 2 is 2.00 bits per heavy atom. The van der Waals surface area contributed by atoms with E-state index in [0.717, 1.165) is 11.4 Å². The molecule has 0 aromatic carbocycles. The second kappa shape index (κ2) is 5.92. The Labute approximate surface area is 136 Å². The van der Waals surface area contributed by atoms with Gasteiger partial charge in [-0.3, -0.25) is 9.48 Å². The van der Waals surface area contributed by atoms with Crippen molar-refractivity contribution in [2.24, 2.45) is 0 Å². The van der Waals surface area contributed by atoms with Gasteiger partial charge in [0.2, 0.25) is 5.91 Å². The zero-order valence-electron chi connectivity index (χ0n) is 14.5. The maximum Gasteiger partial charge on any atom is 0.250 e. The summed E-state index contributed by atoms with van der Waals surface area (Å²) >= 11 is 0. The fraction of sp³-hybridized carbons (Fsp3) is 0.471.